The van der Waals surface area contributed by atoms with Gasteiger partial charge in [-0.25, -0.2) is 4.79 Å². The number of esters is 1. The number of hydrogen-bond donors (Lipinski definition) is 1. The number of ether oxygens (including phenoxy) is 1. The highest BCUT2D eigenvalue weighted by molar-refractivity contribution is 6.01. The number of nitro groups is 1. The first kappa shape index (κ1) is 24.3. The maximum Gasteiger partial charge on any atom is 0.329 e. The van der Waals surface area contributed by atoms with Gasteiger partial charge < -0.3 is 10.1 Å². The Balaban J connectivity index is 1.73. The van der Waals surface area contributed by atoms with E-state index in [4.69, 9.17) is 4.74 Å². The number of anilines is 1. The Labute approximate surface area is 196 Å². The lowest BCUT2D eigenvalue weighted by atomic mass is 10.0. The molecule has 3 rings (SSSR count). The van der Waals surface area contributed by atoms with Crippen LogP contribution in [0.1, 0.15) is 38.3 Å². The van der Waals surface area contributed by atoms with E-state index in [-0.39, 0.29) is 23.5 Å². The van der Waals surface area contributed by atoms with Crippen LogP contribution >= 0.6 is 0 Å². The van der Waals surface area contributed by atoms with Crippen LogP contribution in [0, 0.1) is 24.0 Å². The summed E-state index contributed by atoms with van der Waals surface area (Å²) in [7, 11) is 0. The normalized spacial score (nSPS) is 11.4. The Kier molecular flexibility index (Phi) is 7.87. The van der Waals surface area contributed by atoms with E-state index < -0.39 is 29.3 Å². The van der Waals surface area contributed by atoms with Crippen molar-refractivity contribution in [1.29, 1.82) is 0 Å². The van der Waals surface area contributed by atoms with Crippen molar-refractivity contribution in [3.63, 3.8) is 0 Å². The molecule has 0 aromatic heterocycles. The van der Waals surface area contributed by atoms with E-state index in [1.807, 2.05) is 32.0 Å². The highest BCUT2D eigenvalue weighted by Crippen LogP contribution is 2.20. The third kappa shape index (κ3) is 6.35. The number of nitro benzene ring substituents is 1. The van der Waals surface area contributed by atoms with Crippen LogP contribution in [-0.2, 0) is 9.53 Å². The Morgan fingerprint density at radius 2 is 1.56 bits per heavy atom. The fourth-order valence-corrected chi connectivity index (χ4v) is 3.29. The van der Waals surface area contributed by atoms with Gasteiger partial charge in [-0.3, -0.25) is 19.7 Å². The zero-order valence-corrected chi connectivity index (χ0v) is 18.8. The summed E-state index contributed by atoms with van der Waals surface area (Å²) in [4.78, 5) is 48.3. The first-order valence-corrected chi connectivity index (χ1v) is 10.6. The predicted molar refractivity (Wildman–Crippen MR) is 127 cm³/mol. The van der Waals surface area contributed by atoms with E-state index in [1.165, 1.54) is 24.3 Å². The molecule has 0 saturated carbocycles. The van der Waals surface area contributed by atoms with Gasteiger partial charge in [-0.05, 0) is 43.2 Å². The van der Waals surface area contributed by atoms with E-state index in [9.17, 15) is 24.5 Å². The summed E-state index contributed by atoms with van der Waals surface area (Å²) in [6, 6.07) is 18.3. The van der Waals surface area contributed by atoms with E-state index in [0.717, 1.165) is 11.1 Å². The van der Waals surface area contributed by atoms with Crippen LogP contribution in [-0.4, -0.2) is 35.1 Å². The van der Waals surface area contributed by atoms with E-state index in [1.54, 1.807) is 30.3 Å². The van der Waals surface area contributed by atoms with Gasteiger partial charge in [0, 0.05) is 35.4 Å². The topological polar surface area (TPSA) is 116 Å². The van der Waals surface area contributed by atoms with Crippen molar-refractivity contribution in [2.24, 2.45) is 0 Å². The van der Waals surface area contributed by atoms with Crippen LogP contribution in [0.5, 0.6) is 0 Å². The number of rotatable bonds is 10. The lowest BCUT2D eigenvalue weighted by molar-refractivity contribution is -0.384. The SMILES string of the molecule is Cc1ccc(C)c(N[C@H](CC(=O)c2ccccc2)C(=O)OCC(=O)c2ccc([N+](=O)[O-])cc2)c1. The average molecular weight is 460 g/mol. The summed E-state index contributed by atoms with van der Waals surface area (Å²) in [5.74, 6) is -1.51. The monoisotopic (exact) mass is 460 g/mol. The molecular formula is C26H24N2O6. The molecule has 174 valence electrons. The number of aryl methyl sites for hydroxylation is 2. The van der Waals surface area contributed by atoms with Gasteiger partial charge in [-0.2, -0.15) is 0 Å². The molecule has 3 aromatic rings. The molecule has 8 nitrogen and oxygen atoms in total. The molecule has 8 heteroatoms. The molecule has 0 saturated heterocycles. The summed E-state index contributed by atoms with van der Waals surface area (Å²) < 4.78 is 5.24. The third-order valence-electron chi connectivity index (χ3n) is 5.24. The molecule has 0 aliphatic heterocycles. The van der Waals surface area contributed by atoms with Gasteiger partial charge in [0.15, 0.2) is 18.2 Å². The Bertz CT molecular complexity index is 1210. The smallest absolute Gasteiger partial charge is 0.329 e. The van der Waals surface area contributed by atoms with Gasteiger partial charge in [0.1, 0.15) is 6.04 Å². The second kappa shape index (κ2) is 11.0. The highest BCUT2D eigenvalue weighted by Gasteiger charge is 2.25. The number of carbonyl (C=O) groups excluding carboxylic acids is 3. The lowest BCUT2D eigenvalue weighted by Gasteiger charge is -2.20. The molecule has 0 bridgehead atoms. The Morgan fingerprint density at radius 3 is 2.21 bits per heavy atom. The van der Waals surface area contributed by atoms with Gasteiger partial charge in [-0.15, -0.1) is 0 Å². The second-order valence-electron chi connectivity index (χ2n) is 7.84. The molecule has 0 heterocycles. The lowest BCUT2D eigenvalue weighted by Crippen LogP contribution is -2.35. The van der Waals surface area contributed by atoms with Crippen molar-refractivity contribution in [1.82, 2.24) is 0 Å². The maximum absolute atomic E-state index is 12.9. The summed E-state index contributed by atoms with van der Waals surface area (Å²) in [5.41, 5.74) is 3.04. The van der Waals surface area contributed by atoms with E-state index in [0.29, 0.717) is 11.3 Å². The molecule has 0 spiro atoms. The van der Waals surface area contributed by atoms with Crippen molar-refractivity contribution in [2.75, 3.05) is 11.9 Å². The molecule has 0 fully saturated rings. The number of non-ortho nitro benzene ring substituents is 1. The van der Waals surface area contributed by atoms with Crippen LogP contribution in [0.25, 0.3) is 0 Å². The summed E-state index contributed by atoms with van der Waals surface area (Å²) in [6.07, 6.45) is -0.165. The Morgan fingerprint density at radius 1 is 0.912 bits per heavy atom. The van der Waals surface area contributed by atoms with Crippen LogP contribution in [0.2, 0.25) is 0 Å². The molecule has 34 heavy (non-hydrogen) atoms. The standard InChI is InChI=1S/C26H24N2O6/c1-17-8-9-18(2)22(14-17)27-23(15-24(29)19-6-4-3-5-7-19)26(31)34-16-25(30)20-10-12-21(13-11-20)28(32)33/h3-14,23,27H,15-16H2,1-2H3/t23-/m1/s1. The minimum atomic E-state index is -1.02. The number of nitrogens with one attached hydrogen (secondary N) is 1. The zero-order chi connectivity index (χ0) is 24.7. The van der Waals surface area contributed by atoms with Gasteiger partial charge in [0.2, 0.25) is 0 Å². The minimum absolute atomic E-state index is 0.147. The number of Topliss-reactive ketones (excluding diaryl/α,β-unsaturated/α-hetero) is 2. The quantitative estimate of drug-likeness (QED) is 0.202. The van der Waals surface area contributed by atoms with Crippen LogP contribution < -0.4 is 5.32 Å². The van der Waals surface area contributed by atoms with Crippen molar-refractivity contribution in [3.05, 3.63) is 105 Å². The number of hydrogen-bond acceptors (Lipinski definition) is 7. The fourth-order valence-electron chi connectivity index (χ4n) is 3.29. The van der Waals surface area contributed by atoms with Gasteiger partial charge in [0.05, 0.1) is 4.92 Å². The molecule has 3 aromatic carbocycles. The number of nitrogens with zero attached hydrogens (tertiary/aromatic N) is 1. The molecule has 0 aliphatic rings. The van der Waals surface area contributed by atoms with Crippen LogP contribution in [0.4, 0.5) is 11.4 Å². The van der Waals surface area contributed by atoms with Gasteiger partial charge in [0.25, 0.3) is 5.69 Å². The molecule has 1 N–H and O–H groups in total. The minimum Gasteiger partial charge on any atom is -0.456 e. The first-order chi connectivity index (χ1) is 16.2. The summed E-state index contributed by atoms with van der Waals surface area (Å²) >= 11 is 0. The summed E-state index contributed by atoms with van der Waals surface area (Å²) in [6.45, 7) is 3.23. The maximum atomic E-state index is 12.9. The van der Waals surface area contributed by atoms with Crippen molar-refractivity contribution >= 4 is 28.9 Å². The van der Waals surface area contributed by atoms with Crippen LogP contribution in [0.3, 0.4) is 0 Å². The van der Waals surface area contributed by atoms with Crippen molar-refractivity contribution in [3.8, 4) is 0 Å². The highest BCUT2D eigenvalue weighted by atomic mass is 16.6. The first-order valence-electron chi connectivity index (χ1n) is 10.6. The molecular weight excluding hydrogens is 436 g/mol. The summed E-state index contributed by atoms with van der Waals surface area (Å²) in [5, 5.41) is 13.9. The zero-order valence-electron chi connectivity index (χ0n) is 18.8. The average Bonchev–Trinajstić information content (AvgIpc) is 2.84. The van der Waals surface area contributed by atoms with Crippen molar-refractivity contribution < 1.29 is 24.0 Å². The van der Waals surface area contributed by atoms with Crippen LogP contribution in [0.15, 0.2) is 72.8 Å². The van der Waals surface area contributed by atoms with Gasteiger partial charge >= 0.3 is 5.97 Å². The van der Waals surface area contributed by atoms with Gasteiger partial charge in [-0.1, -0.05) is 42.5 Å². The van der Waals surface area contributed by atoms with Crippen molar-refractivity contribution in [2.45, 2.75) is 26.3 Å². The Hall–Kier alpha value is -4.33. The number of carbonyl (C=O) groups is 3. The third-order valence-corrected chi connectivity index (χ3v) is 5.24. The largest absolute Gasteiger partial charge is 0.456 e. The fraction of sp³-hybridized carbons (Fsp3) is 0.192. The molecule has 0 aliphatic carbocycles. The molecule has 0 amide bonds. The van der Waals surface area contributed by atoms with E-state index >= 15 is 0 Å². The molecule has 1 atom stereocenters. The number of ketones is 2. The second-order valence-corrected chi connectivity index (χ2v) is 7.84. The predicted octanol–water partition coefficient (Wildman–Crippen LogP) is 4.69. The molecule has 0 unspecified atom stereocenters. The van der Waals surface area contributed by atoms with E-state index in [2.05, 4.69) is 5.32 Å². The number of benzene rings is 3. The molecule has 0 radical (unpaired) electrons.